The molecule has 20 heteroatoms. The molecule has 4 atom stereocenters. The molecule has 1 saturated carbocycles. The van der Waals surface area contributed by atoms with Crippen molar-refractivity contribution in [2.45, 2.75) is 114 Å². The zero-order chi connectivity index (χ0) is 44.9. The minimum Gasteiger partial charge on any atom is -0.384 e. The summed E-state index contributed by atoms with van der Waals surface area (Å²) in [4.78, 5) is 74.7. The molecule has 1 unspecified atom stereocenters. The van der Waals surface area contributed by atoms with E-state index < -0.39 is 47.7 Å². The Bertz CT molecular complexity index is 2500. The quantitative estimate of drug-likeness (QED) is 0.149. The van der Waals surface area contributed by atoms with Crippen LogP contribution in [-0.2, 0) is 19.1 Å². The summed E-state index contributed by atoms with van der Waals surface area (Å²) in [7, 11) is 0. The molecular formula is C45H53F2N11O7. The van der Waals surface area contributed by atoms with Gasteiger partial charge < -0.3 is 29.9 Å². The molecule has 1 aliphatic carbocycles. The molecule has 5 amide bonds. The minimum absolute atomic E-state index is 0.0130. The van der Waals surface area contributed by atoms with Gasteiger partial charge in [0.05, 0.1) is 60.0 Å². The van der Waals surface area contributed by atoms with E-state index in [9.17, 15) is 32.8 Å². The van der Waals surface area contributed by atoms with Gasteiger partial charge in [0.1, 0.15) is 17.4 Å². The number of carbonyl (C=O) groups is 5. The molecule has 2 bridgehead atoms. The molecule has 3 N–H and O–H groups in total. The Morgan fingerprint density at radius 2 is 1.82 bits per heavy atom. The number of rotatable bonds is 14. The third-order valence-corrected chi connectivity index (χ3v) is 14.0. The fraction of sp³-hybridized carbons (Fsp3) is 0.556. The number of fused-ring (bicyclic) bond motifs is 4. The first-order valence-electron chi connectivity index (χ1n) is 22.8. The number of carbonyl (C=O) groups excluding carboxylic acids is 5. The average molecular weight is 898 g/mol. The summed E-state index contributed by atoms with van der Waals surface area (Å²) < 4.78 is 43.9. The summed E-state index contributed by atoms with van der Waals surface area (Å²) in [6.07, 6.45) is 9.14. The van der Waals surface area contributed by atoms with Crippen molar-refractivity contribution < 1.29 is 42.2 Å². The molecule has 0 radical (unpaired) electrons. The number of hydrogen-bond donors (Lipinski definition) is 3. The Balaban J connectivity index is 0.666. The van der Waals surface area contributed by atoms with Gasteiger partial charge in [-0.05, 0) is 88.8 Å². The van der Waals surface area contributed by atoms with Crippen LogP contribution < -0.4 is 20.9 Å². The molecular weight excluding hydrogens is 845 g/mol. The highest BCUT2D eigenvalue weighted by Gasteiger charge is 2.46. The van der Waals surface area contributed by atoms with E-state index in [1.807, 2.05) is 13.0 Å². The smallest absolute Gasteiger partial charge is 0.284 e. The maximum absolute atomic E-state index is 14.3. The lowest BCUT2D eigenvalue weighted by Crippen LogP contribution is -2.54. The monoisotopic (exact) mass is 897 g/mol. The average Bonchev–Trinajstić information content (AvgIpc) is 4.15. The zero-order valence-electron chi connectivity index (χ0n) is 36.2. The van der Waals surface area contributed by atoms with Gasteiger partial charge in [-0.15, -0.1) is 0 Å². The molecule has 4 saturated heterocycles. The van der Waals surface area contributed by atoms with Gasteiger partial charge in [0.15, 0.2) is 11.3 Å². The Morgan fingerprint density at radius 3 is 2.55 bits per heavy atom. The lowest BCUT2D eigenvalue weighted by atomic mass is 9.85. The van der Waals surface area contributed by atoms with Crippen LogP contribution in [0, 0.1) is 5.92 Å². The highest BCUT2D eigenvalue weighted by atomic mass is 19.3. The molecule has 65 heavy (non-hydrogen) atoms. The van der Waals surface area contributed by atoms with Crippen molar-refractivity contribution in [2.75, 3.05) is 54.9 Å². The molecule has 5 fully saturated rings. The Morgan fingerprint density at radius 1 is 1.00 bits per heavy atom. The first kappa shape index (κ1) is 43.1. The molecule has 5 aliphatic heterocycles. The Kier molecular flexibility index (Phi) is 11.8. The second kappa shape index (κ2) is 17.8. The van der Waals surface area contributed by atoms with E-state index in [4.69, 9.17) is 14.5 Å². The molecule has 3 aromatic heterocycles. The Labute approximate surface area is 373 Å². The molecule has 6 aliphatic rings. The minimum atomic E-state index is -2.87. The number of halogens is 2. The number of aromatic nitrogens is 5. The van der Waals surface area contributed by atoms with Crippen LogP contribution in [-0.4, -0.2) is 133 Å². The number of nitrogens with one attached hydrogen (secondary N) is 3. The Hall–Kier alpha value is -5.86. The summed E-state index contributed by atoms with van der Waals surface area (Å²) in [6.45, 7) is 6.72. The van der Waals surface area contributed by atoms with Crippen molar-refractivity contribution in [2.24, 2.45) is 5.92 Å². The first-order valence-corrected chi connectivity index (χ1v) is 22.8. The van der Waals surface area contributed by atoms with E-state index in [0.717, 1.165) is 81.8 Å². The van der Waals surface area contributed by atoms with Crippen LogP contribution in [0.15, 0.2) is 42.9 Å². The van der Waals surface area contributed by atoms with Gasteiger partial charge in [0, 0.05) is 57.2 Å². The van der Waals surface area contributed by atoms with Crippen LogP contribution in [0.3, 0.4) is 0 Å². The topological polar surface area (TPSA) is 198 Å². The zero-order valence-corrected chi connectivity index (χ0v) is 36.2. The van der Waals surface area contributed by atoms with Gasteiger partial charge >= 0.3 is 0 Å². The van der Waals surface area contributed by atoms with Crippen LogP contribution in [0.2, 0.25) is 0 Å². The molecule has 18 nitrogen and oxygen atoms in total. The third-order valence-electron chi connectivity index (χ3n) is 14.0. The van der Waals surface area contributed by atoms with Gasteiger partial charge in [-0.3, -0.25) is 38.9 Å². The summed E-state index contributed by atoms with van der Waals surface area (Å²) >= 11 is 0. The highest BCUT2D eigenvalue weighted by molar-refractivity contribution is 6.25. The maximum Gasteiger partial charge on any atom is 0.284 e. The number of alkyl halides is 2. The van der Waals surface area contributed by atoms with Crippen molar-refractivity contribution in [1.29, 1.82) is 0 Å². The normalized spacial score (nSPS) is 25.5. The van der Waals surface area contributed by atoms with Gasteiger partial charge in [0.2, 0.25) is 11.8 Å². The predicted molar refractivity (Wildman–Crippen MR) is 231 cm³/mol. The third kappa shape index (κ3) is 8.58. The van der Waals surface area contributed by atoms with E-state index in [2.05, 4.69) is 35.9 Å². The SMILES string of the molecule is C[C@H](CCNc1cccc2c1C(=O)N(C1CCC(=O)NC1=O)C2=O)OC1CCN(CC2CCC(n3cc(NC(=O)c4cnn5ccc(N6C[C@H]7C[C@@H]6CO7)nc45)c(C(F)F)n3)CC2)CC1. The van der Waals surface area contributed by atoms with E-state index in [0.29, 0.717) is 36.8 Å². The van der Waals surface area contributed by atoms with Crippen molar-refractivity contribution in [1.82, 2.24) is 39.5 Å². The number of ether oxygens (including phenoxy) is 2. The second-order valence-corrected chi connectivity index (χ2v) is 18.3. The van der Waals surface area contributed by atoms with Gasteiger partial charge in [-0.2, -0.15) is 10.2 Å². The fourth-order valence-electron chi connectivity index (χ4n) is 10.6. The van der Waals surface area contributed by atoms with E-state index >= 15 is 0 Å². The van der Waals surface area contributed by atoms with Gasteiger partial charge in [-0.1, -0.05) is 6.07 Å². The van der Waals surface area contributed by atoms with Gasteiger partial charge in [-0.25, -0.2) is 18.3 Å². The van der Waals surface area contributed by atoms with Crippen LogP contribution in [0.5, 0.6) is 0 Å². The van der Waals surface area contributed by atoms with Crippen LogP contribution in [0.25, 0.3) is 5.65 Å². The molecule has 1 aromatic carbocycles. The fourth-order valence-corrected chi connectivity index (χ4v) is 10.6. The van der Waals surface area contributed by atoms with E-state index in [-0.39, 0.29) is 65.6 Å². The van der Waals surface area contributed by atoms with Crippen LogP contribution in [0.4, 0.5) is 26.0 Å². The predicted octanol–water partition coefficient (Wildman–Crippen LogP) is 4.60. The number of morpholine rings is 1. The highest BCUT2D eigenvalue weighted by Crippen LogP contribution is 2.37. The lowest BCUT2D eigenvalue weighted by Gasteiger charge is -2.37. The first-order chi connectivity index (χ1) is 31.5. The molecule has 8 heterocycles. The number of anilines is 3. The number of benzene rings is 1. The van der Waals surface area contributed by atoms with Crippen molar-refractivity contribution in [3.63, 3.8) is 0 Å². The van der Waals surface area contributed by atoms with Crippen LogP contribution >= 0.6 is 0 Å². The standard InChI is InChI=1S/C45H53F2N11O7/c1-25(11-15-48-33-4-2-3-31-38(33)45(63)58(44(31)62)35-9-10-37(59)52-43(35)61)65-29-12-16-54(17-13-29)21-26-5-7-27(8-6-26)57-23-34(39(53-57)40(46)47)50-42(60)32-20-49-56-18-14-36(51-41(32)56)55-22-30-19-28(55)24-64-30/h2-4,14,18,20,23,25-30,35,40,48H,5-13,15-17,19,21-22,24H2,1H3,(H,50,60)(H,52,59,61)/t25-,26?,27?,28-,30-,35?/m1/s1. The van der Waals surface area contributed by atoms with Crippen molar-refractivity contribution in [3.8, 4) is 0 Å². The summed E-state index contributed by atoms with van der Waals surface area (Å²) in [5.74, 6) is -1.51. The molecule has 4 aromatic rings. The van der Waals surface area contributed by atoms with Gasteiger partial charge in [0.25, 0.3) is 24.1 Å². The van der Waals surface area contributed by atoms with Crippen molar-refractivity contribution in [3.05, 3.63) is 65.2 Å². The summed E-state index contributed by atoms with van der Waals surface area (Å²) in [5.41, 5.74) is 1.06. The van der Waals surface area contributed by atoms with Crippen LogP contribution in [0.1, 0.15) is 120 Å². The second-order valence-electron chi connectivity index (χ2n) is 18.3. The number of hydrogen-bond acceptors (Lipinski definition) is 13. The van der Waals surface area contributed by atoms with E-state index in [1.54, 1.807) is 29.1 Å². The molecule has 344 valence electrons. The summed E-state index contributed by atoms with van der Waals surface area (Å²) in [6, 6.07) is 6.06. The number of nitrogens with zero attached hydrogens (tertiary/aromatic N) is 8. The largest absolute Gasteiger partial charge is 0.384 e. The number of imide groups is 2. The maximum atomic E-state index is 14.3. The number of amides is 5. The molecule has 0 spiro atoms. The molecule has 10 rings (SSSR count). The number of piperidine rings is 2. The summed E-state index contributed by atoms with van der Waals surface area (Å²) in [5, 5.41) is 16.8. The van der Waals surface area contributed by atoms with E-state index in [1.165, 1.54) is 16.9 Å². The lowest BCUT2D eigenvalue weighted by molar-refractivity contribution is -0.136. The number of likely N-dealkylation sites (tertiary alicyclic amines) is 1. The van der Waals surface area contributed by atoms with Crippen molar-refractivity contribution >= 4 is 52.4 Å².